The Bertz CT molecular complexity index is 696. The van der Waals surface area contributed by atoms with E-state index < -0.39 is 6.09 Å². The summed E-state index contributed by atoms with van der Waals surface area (Å²) in [4.78, 5) is 23.9. The second kappa shape index (κ2) is 6.71. The van der Waals surface area contributed by atoms with Crippen molar-refractivity contribution in [3.63, 3.8) is 0 Å². The molecule has 2 amide bonds. The molecule has 0 spiro atoms. The molecular weight excluding hydrogens is 318 g/mol. The summed E-state index contributed by atoms with van der Waals surface area (Å²) >= 11 is 5.83. The second-order valence-corrected chi connectivity index (χ2v) is 5.49. The Morgan fingerprint density at radius 2 is 1.61 bits per heavy atom. The molecule has 1 aliphatic heterocycles. The number of nitrogens with zero attached hydrogens (tertiary/aromatic N) is 1. The van der Waals surface area contributed by atoms with Crippen LogP contribution in [0.5, 0.6) is 11.5 Å². The highest BCUT2D eigenvalue weighted by molar-refractivity contribution is 6.30. The third-order valence-electron chi connectivity index (χ3n) is 3.44. The van der Waals surface area contributed by atoms with Crippen LogP contribution >= 0.6 is 11.6 Å². The quantitative estimate of drug-likeness (QED) is 0.839. The number of rotatable bonds is 5. The third kappa shape index (κ3) is 3.81. The fourth-order valence-corrected chi connectivity index (χ4v) is 2.33. The summed E-state index contributed by atoms with van der Waals surface area (Å²) in [5, 5.41) is 0.655. The van der Waals surface area contributed by atoms with Gasteiger partial charge in [0.2, 0.25) is 0 Å². The Balaban J connectivity index is 1.57. The van der Waals surface area contributed by atoms with Gasteiger partial charge >= 0.3 is 6.09 Å². The molecule has 1 fully saturated rings. The van der Waals surface area contributed by atoms with Gasteiger partial charge in [0, 0.05) is 11.6 Å². The molecule has 0 bridgehead atoms. The molecule has 0 N–H and O–H groups in total. The summed E-state index contributed by atoms with van der Waals surface area (Å²) in [7, 11) is 0. The molecule has 2 aromatic carbocycles. The number of carbonyl (C=O) groups is 2. The topological polar surface area (TPSA) is 55.8 Å². The summed E-state index contributed by atoms with van der Waals surface area (Å²) < 4.78 is 10.4. The van der Waals surface area contributed by atoms with Crippen LogP contribution in [0.2, 0.25) is 5.02 Å². The Kier molecular flexibility index (Phi) is 4.48. The van der Waals surface area contributed by atoms with Crippen LogP contribution in [-0.4, -0.2) is 30.1 Å². The number of imide groups is 1. The number of hydrogen-bond donors (Lipinski definition) is 0. The van der Waals surface area contributed by atoms with Crippen molar-refractivity contribution in [3.05, 3.63) is 59.1 Å². The van der Waals surface area contributed by atoms with Crippen molar-refractivity contribution in [1.82, 2.24) is 4.90 Å². The van der Waals surface area contributed by atoms with Gasteiger partial charge in [-0.3, -0.25) is 4.79 Å². The number of amides is 2. The lowest BCUT2D eigenvalue weighted by Crippen LogP contribution is -2.31. The van der Waals surface area contributed by atoms with Crippen LogP contribution in [-0.2, 0) is 16.0 Å². The molecule has 118 valence electrons. The van der Waals surface area contributed by atoms with E-state index in [0.29, 0.717) is 29.5 Å². The Labute approximate surface area is 138 Å². The summed E-state index contributed by atoms with van der Waals surface area (Å²) in [5.41, 5.74) is 1.00. The van der Waals surface area contributed by atoms with Crippen molar-refractivity contribution in [2.45, 2.75) is 6.42 Å². The zero-order valence-electron chi connectivity index (χ0n) is 12.2. The molecule has 1 saturated heterocycles. The molecule has 0 saturated carbocycles. The lowest BCUT2D eigenvalue weighted by Gasteiger charge is -2.11. The molecule has 5 nitrogen and oxygen atoms in total. The smallest absolute Gasteiger partial charge is 0.417 e. The standard InChI is InChI=1S/C17H14ClNO4/c18-13-3-7-15(8-4-13)23-14-5-1-12(2-6-14)9-10-19-16(20)11-22-17(19)21/h1-8H,9-11H2. The molecular formula is C17H14ClNO4. The van der Waals surface area contributed by atoms with Crippen molar-refractivity contribution < 1.29 is 19.1 Å². The Hall–Kier alpha value is -2.53. The molecule has 23 heavy (non-hydrogen) atoms. The minimum Gasteiger partial charge on any atom is -0.457 e. The first-order chi connectivity index (χ1) is 11.1. The lowest BCUT2D eigenvalue weighted by atomic mass is 10.1. The van der Waals surface area contributed by atoms with E-state index in [9.17, 15) is 9.59 Å². The Morgan fingerprint density at radius 3 is 2.17 bits per heavy atom. The van der Waals surface area contributed by atoms with Crippen LogP contribution in [0, 0.1) is 0 Å². The van der Waals surface area contributed by atoms with Gasteiger partial charge in [-0.2, -0.15) is 0 Å². The van der Waals surface area contributed by atoms with Crippen molar-refractivity contribution in [3.8, 4) is 11.5 Å². The van der Waals surface area contributed by atoms with Gasteiger partial charge in [0.05, 0.1) is 0 Å². The van der Waals surface area contributed by atoms with E-state index in [-0.39, 0.29) is 12.5 Å². The van der Waals surface area contributed by atoms with Crippen LogP contribution in [0.1, 0.15) is 5.56 Å². The van der Waals surface area contributed by atoms with Gasteiger partial charge in [-0.15, -0.1) is 0 Å². The predicted molar refractivity (Wildman–Crippen MR) is 84.7 cm³/mol. The summed E-state index contributed by atoms with van der Waals surface area (Å²) in [6, 6.07) is 14.6. The average molecular weight is 332 g/mol. The van der Waals surface area contributed by atoms with Crippen molar-refractivity contribution in [2.75, 3.05) is 13.2 Å². The maximum Gasteiger partial charge on any atom is 0.417 e. The fourth-order valence-electron chi connectivity index (χ4n) is 2.20. The predicted octanol–water partition coefficient (Wildman–Crippen LogP) is 3.65. The number of ether oxygens (including phenoxy) is 2. The molecule has 0 unspecified atom stereocenters. The maximum absolute atomic E-state index is 11.4. The fraction of sp³-hybridized carbons (Fsp3) is 0.176. The van der Waals surface area contributed by atoms with Gasteiger partial charge in [-0.05, 0) is 48.4 Å². The first-order valence-electron chi connectivity index (χ1n) is 7.11. The largest absolute Gasteiger partial charge is 0.457 e. The normalized spacial score (nSPS) is 14.0. The molecule has 0 aromatic heterocycles. The van der Waals surface area contributed by atoms with Gasteiger partial charge in [0.25, 0.3) is 5.91 Å². The highest BCUT2D eigenvalue weighted by atomic mass is 35.5. The second-order valence-electron chi connectivity index (χ2n) is 5.05. The molecule has 6 heteroatoms. The first kappa shape index (κ1) is 15.4. The molecule has 1 aliphatic rings. The summed E-state index contributed by atoms with van der Waals surface area (Å²) in [5.74, 6) is 1.11. The van der Waals surface area contributed by atoms with E-state index in [1.165, 1.54) is 0 Å². The summed E-state index contributed by atoms with van der Waals surface area (Å²) in [6.45, 7) is 0.155. The molecule has 0 radical (unpaired) electrons. The van der Waals surface area contributed by atoms with Crippen molar-refractivity contribution in [1.29, 1.82) is 0 Å². The lowest BCUT2D eigenvalue weighted by molar-refractivity contribution is -0.125. The highest BCUT2D eigenvalue weighted by Crippen LogP contribution is 2.23. The van der Waals surface area contributed by atoms with Crippen molar-refractivity contribution >= 4 is 23.6 Å². The number of hydrogen-bond acceptors (Lipinski definition) is 4. The number of carbonyl (C=O) groups excluding carboxylic acids is 2. The monoisotopic (exact) mass is 331 g/mol. The first-order valence-corrected chi connectivity index (χ1v) is 7.49. The minimum atomic E-state index is -0.572. The Morgan fingerprint density at radius 1 is 1.00 bits per heavy atom. The van der Waals surface area contributed by atoms with Crippen LogP contribution in [0.15, 0.2) is 48.5 Å². The number of benzene rings is 2. The SMILES string of the molecule is O=C1COC(=O)N1CCc1ccc(Oc2ccc(Cl)cc2)cc1. The van der Waals surface area contributed by atoms with E-state index in [1.807, 2.05) is 24.3 Å². The third-order valence-corrected chi connectivity index (χ3v) is 3.69. The number of halogens is 1. The molecule has 2 aromatic rings. The van der Waals surface area contributed by atoms with E-state index in [2.05, 4.69) is 4.74 Å². The van der Waals surface area contributed by atoms with E-state index in [4.69, 9.17) is 16.3 Å². The maximum atomic E-state index is 11.4. The molecule has 0 aliphatic carbocycles. The average Bonchev–Trinajstić information content (AvgIpc) is 2.88. The molecule has 0 atom stereocenters. The minimum absolute atomic E-state index is 0.160. The van der Waals surface area contributed by atoms with Gasteiger partial charge in [0.15, 0.2) is 6.61 Å². The van der Waals surface area contributed by atoms with E-state index >= 15 is 0 Å². The summed E-state index contributed by atoms with van der Waals surface area (Å²) in [6.07, 6.45) is -0.0000886. The van der Waals surface area contributed by atoms with Crippen molar-refractivity contribution in [2.24, 2.45) is 0 Å². The highest BCUT2D eigenvalue weighted by Gasteiger charge is 2.30. The zero-order valence-corrected chi connectivity index (χ0v) is 13.0. The number of cyclic esters (lactones) is 1. The zero-order chi connectivity index (χ0) is 16.2. The van der Waals surface area contributed by atoms with Crippen LogP contribution < -0.4 is 4.74 Å². The van der Waals surface area contributed by atoms with E-state index in [0.717, 1.165) is 10.5 Å². The molecule has 1 heterocycles. The van der Waals surface area contributed by atoms with Gasteiger partial charge < -0.3 is 9.47 Å². The van der Waals surface area contributed by atoms with E-state index in [1.54, 1.807) is 24.3 Å². The van der Waals surface area contributed by atoms with Gasteiger partial charge in [-0.1, -0.05) is 23.7 Å². The molecule has 3 rings (SSSR count). The van der Waals surface area contributed by atoms with Crippen LogP contribution in [0.3, 0.4) is 0 Å². The van der Waals surface area contributed by atoms with Gasteiger partial charge in [0.1, 0.15) is 11.5 Å². The van der Waals surface area contributed by atoms with Gasteiger partial charge in [-0.25, -0.2) is 9.69 Å². The van der Waals surface area contributed by atoms with Crippen LogP contribution in [0.4, 0.5) is 4.79 Å². The van der Waals surface area contributed by atoms with Crippen LogP contribution in [0.25, 0.3) is 0 Å².